The molecular formula is C14H22ClN3O3S. The minimum absolute atomic E-state index is 0. The number of sulfonamides is 1. The van der Waals surface area contributed by atoms with Crippen LogP contribution in [0, 0.1) is 0 Å². The predicted molar refractivity (Wildman–Crippen MR) is 88.8 cm³/mol. The molecule has 1 atom stereocenters. The highest BCUT2D eigenvalue weighted by atomic mass is 35.5. The van der Waals surface area contributed by atoms with Crippen LogP contribution in [0.2, 0.25) is 0 Å². The summed E-state index contributed by atoms with van der Waals surface area (Å²) in [5.74, 6) is -0.110. The normalized spacial score (nSPS) is 21.2. The van der Waals surface area contributed by atoms with Gasteiger partial charge in [-0.1, -0.05) is 13.0 Å². The lowest BCUT2D eigenvalue weighted by molar-refractivity contribution is -0.122. The first-order valence-electron chi connectivity index (χ1n) is 7.03. The van der Waals surface area contributed by atoms with E-state index in [1.165, 1.54) is 19.2 Å². The average molecular weight is 348 g/mol. The van der Waals surface area contributed by atoms with Crippen molar-refractivity contribution in [3.05, 3.63) is 24.3 Å². The van der Waals surface area contributed by atoms with Crippen LogP contribution in [0.15, 0.2) is 29.2 Å². The lowest BCUT2D eigenvalue weighted by Crippen LogP contribution is -2.50. The molecule has 0 saturated carbocycles. The highest BCUT2D eigenvalue weighted by Crippen LogP contribution is 2.25. The van der Waals surface area contributed by atoms with Crippen LogP contribution in [0.25, 0.3) is 0 Å². The quantitative estimate of drug-likeness (QED) is 0.753. The molecule has 1 fully saturated rings. The zero-order valence-corrected chi connectivity index (χ0v) is 14.3. The molecular weight excluding hydrogens is 326 g/mol. The van der Waals surface area contributed by atoms with E-state index in [1.807, 2.05) is 6.92 Å². The summed E-state index contributed by atoms with van der Waals surface area (Å²) in [4.78, 5) is 12.6. The zero-order valence-electron chi connectivity index (χ0n) is 12.7. The van der Waals surface area contributed by atoms with Crippen LogP contribution >= 0.6 is 12.4 Å². The highest BCUT2D eigenvalue weighted by molar-refractivity contribution is 7.89. The maximum absolute atomic E-state index is 12.5. The Morgan fingerprint density at radius 2 is 2.14 bits per heavy atom. The van der Waals surface area contributed by atoms with Crippen molar-refractivity contribution >= 4 is 34.0 Å². The molecule has 22 heavy (non-hydrogen) atoms. The third-order valence-corrected chi connectivity index (χ3v) is 5.36. The molecule has 1 aromatic rings. The molecule has 1 amide bonds. The summed E-state index contributed by atoms with van der Waals surface area (Å²) >= 11 is 0. The van der Waals surface area contributed by atoms with E-state index in [-0.39, 0.29) is 23.2 Å². The molecule has 0 aliphatic carbocycles. The second-order valence-corrected chi connectivity index (χ2v) is 7.04. The molecule has 3 N–H and O–H groups in total. The van der Waals surface area contributed by atoms with Crippen LogP contribution in [-0.2, 0) is 14.8 Å². The lowest BCUT2D eigenvalue weighted by Gasteiger charge is -2.26. The Balaban J connectivity index is 0.00000242. The van der Waals surface area contributed by atoms with Gasteiger partial charge in [0.15, 0.2) is 0 Å². The van der Waals surface area contributed by atoms with Gasteiger partial charge in [0.2, 0.25) is 15.9 Å². The Kier molecular flexibility index (Phi) is 6.37. The molecule has 1 heterocycles. The molecule has 1 aliphatic rings. The van der Waals surface area contributed by atoms with Gasteiger partial charge in [-0.05, 0) is 51.1 Å². The molecule has 0 aromatic heterocycles. The fraction of sp³-hybridized carbons (Fsp3) is 0.500. The predicted octanol–water partition coefficient (Wildman–Crippen LogP) is 1.49. The number of halogens is 1. The summed E-state index contributed by atoms with van der Waals surface area (Å²) in [6.45, 7) is 2.80. The van der Waals surface area contributed by atoms with Crippen LogP contribution in [0.3, 0.4) is 0 Å². The summed E-state index contributed by atoms with van der Waals surface area (Å²) in [7, 11) is -2.16. The SMILES string of the molecule is CCC1(C(=O)Nc2cccc(S(=O)(=O)NC)c2)CCCN1.Cl. The van der Waals surface area contributed by atoms with E-state index in [4.69, 9.17) is 0 Å². The van der Waals surface area contributed by atoms with Crippen molar-refractivity contribution in [1.82, 2.24) is 10.0 Å². The minimum Gasteiger partial charge on any atom is -0.324 e. The molecule has 2 rings (SSSR count). The molecule has 0 radical (unpaired) electrons. The molecule has 1 aromatic carbocycles. The second-order valence-electron chi connectivity index (χ2n) is 5.16. The monoisotopic (exact) mass is 347 g/mol. The zero-order chi connectivity index (χ0) is 15.5. The third-order valence-electron chi connectivity index (χ3n) is 3.95. The van der Waals surface area contributed by atoms with E-state index in [0.717, 1.165) is 19.4 Å². The number of hydrogen-bond acceptors (Lipinski definition) is 4. The van der Waals surface area contributed by atoms with Gasteiger partial charge in [0.25, 0.3) is 0 Å². The molecule has 124 valence electrons. The smallest absolute Gasteiger partial charge is 0.244 e. The second kappa shape index (κ2) is 7.41. The van der Waals surface area contributed by atoms with Gasteiger partial charge >= 0.3 is 0 Å². The Morgan fingerprint density at radius 3 is 2.68 bits per heavy atom. The lowest BCUT2D eigenvalue weighted by atomic mass is 9.93. The van der Waals surface area contributed by atoms with Crippen molar-refractivity contribution in [1.29, 1.82) is 0 Å². The van der Waals surface area contributed by atoms with Gasteiger partial charge in [0.1, 0.15) is 0 Å². The van der Waals surface area contributed by atoms with E-state index in [1.54, 1.807) is 12.1 Å². The summed E-state index contributed by atoms with van der Waals surface area (Å²) in [5.41, 5.74) is -0.0596. The Hall–Kier alpha value is -1.15. The van der Waals surface area contributed by atoms with Crippen molar-refractivity contribution in [2.75, 3.05) is 18.9 Å². The number of rotatable bonds is 5. The van der Waals surface area contributed by atoms with E-state index in [2.05, 4.69) is 15.4 Å². The first-order valence-corrected chi connectivity index (χ1v) is 8.52. The maximum Gasteiger partial charge on any atom is 0.244 e. The van der Waals surface area contributed by atoms with E-state index in [0.29, 0.717) is 12.1 Å². The number of benzene rings is 1. The van der Waals surface area contributed by atoms with Crippen LogP contribution in [-0.4, -0.2) is 33.5 Å². The average Bonchev–Trinajstić information content (AvgIpc) is 2.97. The first kappa shape index (κ1) is 18.9. The molecule has 0 bridgehead atoms. The fourth-order valence-electron chi connectivity index (χ4n) is 2.57. The van der Waals surface area contributed by atoms with Crippen molar-refractivity contribution in [2.24, 2.45) is 0 Å². The van der Waals surface area contributed by atoms with Gasteiger partial charge in [0.05, 0.1) is 10.4 Å². The number of anilines is 1. The topological polar surface area (TPSA) is 87.3 Å². The first-order chi connectivity index (χ1) is 9.93. The van der Waals surface area contributed by atoms with Gasteiger partial charge in [-0.15, -0.1) is 12.4 Å². The summed E-state index contributed by atoms with van der Waals surface area (Å²) in [6, 6.07) is 6.25. The van der Waals surface area contributed by atoms with Crippen molar-refractivity contribution in [3.63, 3.8) is 0 Å². The number of nitrogens with one attached hydrogen (secondary N) is 3. The molecule has 0 spiro atoms. The summed E-state index contributed by atoms with van der Waals surface area (Å²) < 4.78 is 25.8. The van der Waals surface area contributed by atoms with Crippen molar-refractivity contribution in [2.45, 2.75) is 36.6 Å². The number of hydrogen-bond donors (Lipinski definition) is 3. The fourth-order valence-corrected chi connectivity index (χ4v) is 3.35. The number of amides is 1. The summed E-state index contributed by atoms with van der Waals surface area (Å²) in [6.07, 6.45) is 2.46. The van der Waals surface area contributed by atoms with Crippen LogP contribution < -0.4 is 15.4 Å². The van der Waals surface area contributed by atoms with Crippen molar-refractivity contribution in [3.8, 4) is 0 Å². The largest absolute Gasteiger partial charge is 0.324 e. The van der Waals surface area contributed by atoms with Gasteiger partial charge in [-0.2, -0.15) is 0 Å². The Bertz CT molecular complexity index is 628. The molecule has 6 nitrogen and oxygen atoms in total. The molecule has 1 unspecified atom stereocenters. The Labute approximate surface area is 137 Å². The van der Waals surface area contributed by atoms with E-state index >= 15 is 0 Å². The van der Waals surface area contributed by atoms with Gasteiger partial charge in [-0.25, -0.2) is 13.1 Å². The van der Waals surface area contributed by atoms with Crippen LogP contribution in [0.5, 0.6) is 0 Å². The minimum atomic E-state index is -3.51. The molecule has 8 heteroatoms. The Morgan fingerprint density at radius 1 is 1.41 bits per heavy atom. The van der Waals surface area contributed by atoms with Gasteiger partial charge in [-0.3, -0.25) is 4.79 Å². The van der Waals surface area contributed by atoms with Gasteiger partial charge < -0.3 is 10.6 Å². The standard InChI is InChI=1S/C14H21N3O3S.ClH/c1-3-14(8-5-9-16-14)13(18)17-11-6-4-7-12(10-11)21(19,20)15-2;/h4,6-7,10,15-16H,3,5,8-9H2,1-2H3,(H,17,18);1H. The van der Waals surface area contributed by atoms with E-state index in [9.17, 15) is 13.2 Å². The van der Waals surface area contributed by atoms with E-state index < -0.39 is 15.6 Å². The maximum atomic E-state index is 12.5. The van der Waals surface area contributed by atoms with Crippen molar-refractivity contribution < 1.29 is 13.2 Å². The third kappa shape index (κ3) is 3.78. The number of carbonyl (C=O) groups excluding carboxylic acids is 1. The van der Waals surface area contributed by atoms with Gasteiger partial charge in [0, 0.05) is 5.69 Å². The number of carbonyl (C=O) groups is 1. The molecule has 1 aliphatic heterocycles. The van der Waals surface area contributed by atoms with Crippen LogP contribution in [0.1, 0.15) is 26.2 Å². The molecule has 1 saturated heterocycles. The summed E-state index contributed by atoms with van der Waals surface area (Å²) in [5, 5.41) is 6.07. The highest BCUT2D eigenvalue weighted by Gasteiger charge is 2.39. The van der Waals surface area contributed by atoms with Crippen LogP contribution in [0.4, 0.5) is 5.69 Å².